The molecule has 0 atom stereocenters. The van der Waals surface area contributed by atoms with Crippen molar-refractivity contribution >= 4 is 27.5 Å². The first-order valence-electron chi connectivity index (χ1n) is 6.06. The average molecular weight is 314 g/mol. The molecule has 1 aromatic rings. The van der Waals surface area contributed by atoms with E-state index >= 15 is 0 Å². The van der Waals surface area contributed by atoms with E-state index in [1.54, 1.807) is 0 Å². The molecule has 0 amide bonds. The second kappa shape index (κ2) is 7.38. The van der Waals surface area contributed by atoms with Gasteiger partial charge in [-0.3, -0.25) is 5.41 Å². The Balaban J connectivity index is 2.82. The van der Waals surface area contributed by atoms with Gasteiger partial charge >= 0.3 is 0 Å². The summed E-state index contributed by atoms with van der Waals surface area (Å²) in [5.74, 6) is 0.0830. The van der Waals surface area contributed by atoms with Gasteiger partial charge in [-0.05, 0) is 48.0 Å². The third kappa shape index (κ3) is 3.99. The van der Waals surface area contributed by atoms with E-state index in [-0.39, 0.29) is 5.84 Å². The number of nitrogen functional groups attached to an aromatic ring is 1. The molecule has 1 rings (SSSR count). The Morgan fingerprint density at radius 1 is 1.44 bits per heavy atom. The zero-order valence-electron chi connectivity index (χ0n) is 10.9. The lowest BCUT2D eigenvalue weighted by Gasteiger charge is -2.24. The van der Waals surface area contributed by atoms with Gasteiger partial charge in [0.25, 0.3) is 0 Å². The molecule has 0 aliphatic carbocycles. The first-order valence-corrected chi connectivity index (χ1v) is 6.86. The van der Waals surface area contributed by atoms with Crippen LogP contribution in [0, 0.1) is 5.41 Å². The fraction of sp³-hybridized carbons (Fsp3) is 0.462. The van der Waals surface area contributed by atoms with Crippen LogP contribution in [-0.4, -0.2) is 32.1 Å². The fourth-order valence-electron chi connectivity index (χ4n) is 1.70. The number of amidine groups is 1. The summed E-state index contributed by atoms with van der Waals surface area (Å²) < 4.78 is 6.33. The number of benzene rings is 1. The van der Waals surface area contributed by atoms with Gasteiger partial charge in [0.1, 0.15) is 5.84 Å². The Labute approximate surface area is 117 Å². The van der Waals surface area contributed by atoms with E-state index in [2.05, 4.69) is 27.8 Å². The van der Waals surface area contributed by atoms with Crippen LogP contribution >= 0.6 is 15.9 Å². The van der Waals surface area contributed by atoms with E-state index < -0.39 is 0 Å². The van der Waals surface area contributed by atoms with Gasteiger partial charge in [-0.25, -0.2) is 0 Å². The van der Waals surface area contributed by atoms with Crippen molar-refractivity contribution in [1.29, 1.82) is 5.41 Å². The minimum Gasteiger partial charge on any atom is -0.384 e. The number of ether oxygens (including phenoxy) is 1. The predicted octanol–water partition coefficient (Wildman–Crippen LogP) is 2.60. The Hall–Kier alpha value is -1.07. The quantitative estimate of drug-likeness (QED) is 0.462. The third-order valence-corrected chi connectivity index (χ3v) is 3.33. The molecule has 0 radical (unpaired) electrons. The average Bonchev–Trinajstić information content (AvgIpc) is 2.35. The van der Waals surface area contributed by atoms with Crippen molar-refractivity contribution in [3.05, 3.63) is 28.2 Å². The Morgan fingerprint density at radius 3 is 2.67 bits per heavy atom. The fourth-order valence-corrected chi connectivity index (χ4v) is 2.33. The molecule has 18 heavy (non-hydrogen) atoms. The molecule has 1 aromatic carbocycles. The van der Waals surface area contributed by atoms with Crippen LogP contribution in [0.3, 0.4) is 0 Å². The highest BCUT2D eigenvalue weighted by Gasteiger charge is 2.09. The largest absolute Gasteiger partial charge is 0.384 e. The zero-order chi connectivity index (χ0) is 13.5. The summed E-state index contributed by atoms with van der Waals surface area (Å²) in [5, 5.41) is 7.41. The molecule has 5 heteroatoms. The number of nitrogens with two attached hydrogens (primary N) is 1. The number of hydrogen-bond donors (Lipinski definition) is 2. The van der Waals surface area contributed by atoms with Crippen LogP contribution in [-0.2, 0) is 4.74 Å². The van der Waals surface area contributed by atoms with Gasteiger partial charge < -0.3 is 15.4 Å². The van der Waals surface area contributed by atoms with E-state index in [9.17, 15) is 0 Å². The molecule has 100 valence electrons. The smallest absolute Gasteiger partial charge is 0.122 e. The molecule has 0 fully saturated rings. The van der Waals surface area contributed by atoms with Crippen molar-refractivity contribution in [3.8, 4) is 0 Å². The minimum absolute atomic E-state index is 0.0830. The third-order valence-electron chi connectivity index (χ3n) is 2.69. The van der Waals surface area contributed by atoms with Gasteiger partial charge in [-0.1, -0.05) is 0 Å². The zero-order valence-corrected chi connectivity index (χ0v) is 12.5. The summed E-state index contributed by atoms with van der Waals surface area (Å²) in [4.78, 5) is 2.23. The van der Waals surface area contributed by atoms with Crippen LogP contribution in [0.15, 0.2) is 22.7 Å². The highest BCUT2D eigenvalue weighted by Crippen LogP contribution is 2.27. The lowest BCUT2D eigenvalue weighted by molar-refractivity contribution is 0.154. The van der Waals surface area contributed by atoms with E-state index in [1.165, 1.54) is 0 Å². The highest BCUT2D eigenvalue weighted by atomic mass is 79.9. The van der Waals surface area contributed by atoms with E-state index in [0.29, 0.717) is 6.61 Å². The van der Waals surface area contributed by atoms with E-state index in [4.69, 9.17) is 15.9 Å². The molecule has 0 unspecified atom stereocenters. The maximum atomic E-state index is 7.41. The normalized spacial score (nSPS) is 10.4. The van der Waals surface area contributed by atoms with Gasteiger partial charge in [-0.2, -0.15) is 0 Å². The van der Waals surface area contributed by atoms with Crippen LogP contribution in [0.5, 0.6) is 0 Å². The van der Waals surface area contributed by atoms with Gasteiger partial charge in [0.05, 0.1) is 12.3 Å². The van der Waals surface area contributed by atoms with Gasteiger partial charge in [0.2, 0.25) is 0 Å². The number of halogens is 1. The summed E-state index contributed by atoms with van der Waals surface area (Å²) in [6.07, 6.45) is 0. The standard InChI is InChI=1S/C13H20BrN3O/c1-3-17(7-8-18-4-2)12-6-5-10(13(15)16)9-11(12)14/h5-6,9H,3-4,7-8H2,1-2H3,(H3,15,16). The predicted molar refractivity (Wildman–Crippen MR) is 79.5 cm³/mol. The molecule has 0 aliphatic heterocycles. The number of rotatable bonds is 7. The van der Waals surface area contributed by atoms with E-state index in [0.717, 1.165) is 35.4 Å². The van der Waals surface area contributed by atoms with Gasteiger partial charge in [-0.15, -0.1) is 0 Å². The maximum Gasteiger partial charge on any atom is 0.122 e. The Kier molecular flexibility index (Phi) is 6.15. The molecular weight excluding hydrogens is 294 g/mol. The van der Waals surface area contributed by atoms with Crippen LogP contribution in [0.1, 0.15) is 19.4 Å². The first-order chi connectivity index (χ1) is 8.60. The molecular formula is C13H20BrN3O. The SMILES string of the molecule is CCOCCN(CC)c1ccc(C(=N)N)cc1Br. The van der Waals surface area contributed by atoms with Crippen molar-refractivity contribution in [1.82, 2.24) is 0 Å². The second-order valence-corrected chi connectivity index (χ2v) is 4.71. The summed E-state index contributed by atoms with van der Waals surface area (Å²) in [6.45, 7) is 7.31. The summed E-state index contributed by atoms with van der Waals surface area (Å²) in [5.41, 5.74) is 7.30. The number of nitrogens with zero attached hydrogens (tertiary/aromatic N) is 1. The number of hydrogen-bond acceptors (Lipinski definition) is 3. The van der Waals surface area contributed by atoms with Crippen LogP contribution in [0.4, 0.5) is 5.69 Å². The van der Waals surface area contributed by atoms with Crippen molar-refractivity contribution < 1.29 is 4.74 Å². The van der Waals surface area contributed by atoms with Crippen molar-refractivity contribution in [2.24, 2.45) is 5.73 Å². The molecule has 0 bridgehead atoms. The molecule has 4 nitrogen and oxygen atoms in total. The molecule has 0 heterocycles. The Bertz CT molecular complexity index is 409. The molecule has 0 aliphatic rings. The topological polar surface area (TPSA) is 62.3 Å². The van der Waals surface area contributed by atoms with Crippen molar-refractivity contribution in [3.63, 3.8) is 0 Å². The summed E-state index contributed by atoms with van der Waals surface area (Å²) in [6, 6.07) is 5.73. The lowest BCUT2D eigenvalue weighted by atomic mass is 10.2. The number of anilines is 1. The minimum atomic E-state index is 0.0830. The number of nitrogens with one attached hydrogen (secondary N) is 1. The molecule has 0 spiro atoms. The highest BCUT2D eigenvalue weighted by molar-refractivity contribution is 9.10. The van der Waals surface area contributed by atoms with Crippen molar-refractivity contribution in [2.75, 3.05) is 31.2 Å². The first kappa shape index (κ1) is 15.0. The lowest BCUT2D eigenvalue weighted by Crippen LogP contribution is -2.27. The molecule has 0 saturated carbocycles. The molecule has 3 N–H and O–H groups in total. The summed E-state index contributed by atoms with van der Waals surface area (Å²) in [7, 11) is 0. The van der Waals surface area contributed by atoms with Crippen LogP contribution < -0.4 is 10.6 Å². The van der Waals surface area contributed by atoms with Crippen LogP contribution in [0.2, 0.25) is 0 Å². The molecule has 0 saturated heterocycles. The second-order valence-electron chi connectivity index (χ2n) is 3.86. The monoisotopic (exact) mass is 313 g/mol. The van der Waals surface area contributed by atoms with Gasteiger partial charge in [0, 0.05) is 29.7 Å². The Morgan fingerprint density at radius 2 is 2.17 bits per heavy atom. The van der Waals surface area contributed by atoms with Crippen molar-refractivity contribution in [2.45, 2.75) is 13.8 Å². The summed E-state index contributed by atoms with van der Waals surface area (Å²) >= 11 is 3.53. The van der Waals surface area contributed by atoms with Gasteiger partial charge in [0.15, 0.2) is 0 Å². The molecule has 0 aromatic heterocycles. The van der Waals surface area contributed by atoms with E-state index in [1.807, 2.05) is 25.1 Å². The maximum absolute atomic E-state index is 7.41. The number of likely N-dealkylation sites (N-methyl/N-ethyl adjacent to an activating group) is 1. The van der Waals surface area contributed by atoms with Crippen LogP contribution in [0.25, 0.3) is 0 Å².